The maximum absolute atomic E-state index is 13.7. The molecule has 0 aromatic heterocycles. The topological polar surface area (TPSA) is 101 Å². The zero-order chi connectivity index (χ0) is 29.9. The van der Waals surface area contributed by atoms with Gasteiger partial charge in [-0.05, 0) is 36.1 Å². The van der Waals surface area contributed by atoms with E-state index < -0.39 is 72.7 Å². The minimum absolute atomic E-state index is 0.0252. The fraction of sp³-hybridized carbons (Fsp3) is 0.458. The van der Waals surface area contributed by atoms with Gasteiger partial charge >= 0.3 is 31.1 Å². The van der Waals surface area contributed by atoms with Crippen molar-refractivity contribution >= 4 is 26.0 Å². The highest BCUT2D eigenvalue weighted by Crippen LogP contribution is 2.39. The number of benzene rings is 2. The molecule has 8 nitrogen and oxygen atoms in total. The number of ether oxygens (including phenoxy) is 1. The number of carbonyl (C=O) groups is 1. The second kappa shape index (κ2) is 11.9. The number of hydrogen-bond acceptors (Lipinski definition) is 6. The number of sulfonamides is 2. The predicted octanol–water partition coefficient (Wildman–Crippen LogP) is 4.93. The molecule has 1 aliphatic carbocycles. The molecule has 40 heavy (non-hydrogen) atoms. The van der Waals surface area contributed by atoms with Crippen LogP contribution in [0.25, 0.3) is 0 Å². The summed E-state index contributed by atoms with van der Waals surface area (Å²) in [6.07, 6.45) is -0.716. The lowest BCUT2D eigenvalue weighted by Gasteiger charge is -2.43. The van der Waals surface area contributed by atoms with Crippen molar-refractivity contribution in [3.05, 3.63) is 65.7 Å². The van der Waals surface area contributed by atoms with E-state index in [1.165, 1.54) is 24.3 Å². The van der Waals surface area contributed by atoms with Crippen LogP contribution in [0, 0.1) is 0 Å². The number of carbonyl (C=O) groups excluding carboxylic acids is 1. The van der Waals surface area contributed by atoms with Crippen LogP contribution in [0.3, 0.4) is 0 Å². The van der Waals surface area contributed by atoms with E-state index in [1.54, 1.807) is 24.3 Å². The maximum Gasteiger partial charge on any atom is 0.516 e. The molecule has 2 aromatic rings. The van der Waals surface area contributed by atoms with E-state index in [4.69, 9.17) is 4.74 Å². The summed E-state index contributed by atoms with van der Waals surface area (Å²) < 4.78 is 136. The lowest BCUT2D eigenvalue weighted by molar-refractivity contribution is -0.128. The molecule has 1 amide bonds. The molecule has 3 rings (SSSR count). The minimum Gasteiger partial charge on any atom is -0.489 e. The quantitative estimate of drug-likeness (QED) is 0.371. The van der Waals surface area contributed by atoms with Crippen LogP contribution < -0.4 is 4.74 Å². The van der Waals surface area contributed by atoms with Gasteiger partial charge in [-0.2, -0.15) is 39.1 Å². The second-order valence-electron chi connectivity index (χ2n) is 9.10. The van der Waals surface area contributed by atoms with Crippen LogP contribution in [-0.2, 0) is 38.0 Å². The molecule has 1 fully saturated rings. The van der Waals surface area contributed by atoms with Crippen molar-refractivity contribution in [1.82, 2.24) is 8.61 Å². The van der Waals surface area contributed by atoms with Crippen LogP contribution in [0.4, 0.5) is 26.3 Å². The zero-order valence-electron chi connectivity index (χ0n) is 21.0. The number of alkyl halides is 6. The average Bonchev–Trinajstić information content (AvgIpc) is 2.86. The molecule has 0 heterocycles. The molecule has 2 atom stereocenters. The molecule has 2 aromatic carbocycles. The fourth-order valence-electron chi connectivity index (χ4n) is 4.52. The molecule has 0 spiro atoms. The Bertz CT molecular complexity index is 1380. The van der Waals surface area contributed by atoms with Gasteiger partial charge in [0.2, 0.25) is 5.91 Å². The minimum atomic E-state index is -6.33. The maximum atomic E-state index is 13.7. The summed E-state index contributed by atoms with van der Waals surface area (Å²) in [5.74, 6) is -1.29. The van der Waals surface area contributed by atoms with Crippen molar-refractivity contribution in [3.8, 4) is 5.75 Å². The van der Waals surface area contributed by atoms with Crippen molar-refractivity contribution in [2.45, 2.75) is 68.9 Å². The first kappa shape index (κ1) is 31.7. The predicted molar refractivity (Wildman–Crippen MR) is 131 cm³/mol. The van der Waals surface area contributed by atoms with Crippen LogP contribution in [0.5, 0.6) is 5.75 Å². The molecule has 0 radical (unpaired) electrons. The highest BCUT2D eigenvalue weighted by atomic mass is 32.2. The molecule has 1 aliphatic rings. The number of hydrogen-bond donors (Lipinski definition) is 0. The van der Waals surface area contributed by atoms with E-state index in [2.05, 4.69) is 0 Å². The van der Waals surface area contributed by atoms with Crippen molar-refractivity contribution < 1.29 is 52.7 Å². The van der Waals surface area contributed by atoms with E-state index in [0.717, 1.165) is 5.56 Å². The molecule has 0 N–H and O–H groups in total. The van der Waals surface area contributed by atoms with Crippen molar-refractivity contribution in [3.63, 3.8) is 0 Å². The van der Waals surface area contributed by atoms with E-state index in [-0.39, 0.29) is 29.3 Å². The first-order valence-electron chi connectivity index (χ1n) is 11.9. The highest BCUT2D eigenvalue weighted by molar-refractivity contribution is 7.90. The van der Waals surface area contributed by atoms with E-state index in [1.807, 2.05) is 6.07 Å². The van der Waals surface area contributed by atoms with E-state index >= 15 is 0 Å². The number of nitrogens with zero attached hydrogens (tertiary/aromatic N) is 2. The normalized spacial score (nSPS) is 18.9. The SMILES string of the molecule is CC(=O)N([C@H]1CCCC[C@@H]1N(Cc1ccc(OCc2ccccc2)cc1)S(=O)(=O)C(F)(F)F)S(=O)(=O)C(F)(F)F. The molecule has 16 heteroatoms. The number of amides is 1. The van der Waals surface area contributed by atoms with E-state index in [0.29, 0.717) is 12.7 Å². The van der Waals surface area contributed by atoms with Crippen LogP contribution in [-0.4, -0.2) is 54.5 Å². The third kappa shape index (κ3) is 6.89. The molecule has 222 valence electrons. The first-order valence-corrected chi connectivity index (χ1v) is 14.8. The molecule has 0 bridgehead atoms. The van der Waals surface area contributed by atoms with Crippen LogP contribution in [0.2, 0.25) is 0 Å². The highest BCUT2D eigenvalue weighted by Gasteiger charge is 2.58. The second-order valence-corrected chi connectivity index (χ2v) is 12.8. The van der Waals surface area contributed by atoms with Crippen LogP contribution in [0.1, 0.15) is 43.7 Å². The first-order chi connectivity index (χ1) is 18.5. The van der Waals surface area contributed by atoms with Gasteiger partial charge in [-0.25, -0.2) is 12.7 Å². The monoisotopic (exact) mass is 616 g/mol. The smallest absolute Gasteiger partial charge is 0.489 e. The summed E-state index contributed by atoms with van der Waals surface area (Å²) in [6.45, 7) is -0.251. The fourth-order valence-corrected chi connectivity index (χ4v) is 6.87. The van der Waals surface area contributed by atoms with Gasteiger partial charge in [-0.3, -0.25) is 4.79 Å². The molecule has 0 aliphatic heterocycles. The Balaban J connectivity index is 1.97. The van der Waals surface area contributed by atoms with Gasteiger partial charge in [0.15, 0.2) is 0 Å². The Hall–Kier alpha value is -2.85. The van der Waals surface area contributed by atoms with Crippen molar-refractivity contribution in [2.75, 3.05) is 0 Å². The Morgan fingerprint density at radius 1 is 0.800 bits per heavy atom. The molecular weight excluding hydrogens is 590 g/mol. The zero-order valence-corrected chi connectivity index (χ0v) is 22.7. The van der Waals surface area contributed by atoms with Crippen molar-refractivity contribution in [1.29, 1.82) is 0 Å². The summed E-state index contributed by atoms with van der Waals surface area (Å²) in [5, 5.41) is 0. The number of rotatable bonds is 9. The van der Waals surface area contributed by atoms with Gasteiger partial charge in [0.25, 0.3) is 0 Å². The van der Waals surface area contributed by atoms with Crippen LogP contribution in [0.15, 0.2) is 54.6 Å². The van der Waals surface area contributed by atoms with Gasteiger partial charge < -0.3 is 4.74 Å². The van der Waals surface area contributed by atoms with Gasteiger partial charge in [-0.15, -0.1) is 0 Å². The summed E-state index contributed by atoms with van der Waals surface area (Å²) in [5.41, 5.74) is -10.9. The largest absolute Gasteiger partial charge is 0.516 e. The summed E-state index contributed by atoms with van der Waals surface area (Å²) in [4.78, 5) is 12.2. The van der Waals surface area contributed by atoms with Gasteiger partial charge in [-0.1, -0.05) is 55.3 Å². The Kier molecular flexibility index (Phi) is 9.46. The average molecular weight is 617 g/mol. The summed E-state index contributed by atoms with van der Waals surface area (Å²) in [6, 6.07) is 10.4. The Morgan fingerprint density at radius 2 is 1.32 bits per heavy atom. The third-order valence-corrected chi connectivity index (χ3v) is 9.57. The lowest BCUT2D eigenvalue weighted by Crippen LogP contribution is -2.60. The van der Waals surface area contributed by atoms with Crippen molar-refractivity contribution in [2.24, 2.45) is 0 Å². The van der Waals surface area contributed by atoms with Gasteiger partial charge in [0.1, 0.15) is 12.4 Å². The Labute approximate surface area is 227 Å². The molecule has 1 saturated carbocycles. The molecular formula is C24H26F6N2O6S2. The number of halogens is 6. The standard InChI is InChI=1S/C24H26F6N2O6S2/c1-17(33)32(40(36,37)24(28,29)30)22-10-6-5-9-21(22)31(39(34,35)23(25,26)27)15-18-11-13-20(14-12-18)38-16-19-7-3-2-4-8-19/h2-4,7-8,11-14,21-22H,5-6,9-10,15-16H2,1H3/t21-,22-/m0/s1. The van der Waals surface area contributed by atoms with Gasteiger partial charge in [0, 0.05) is 19.5 Å². The summed E-state index contributed by atoms with van der Waals surface area (Å²) in [7, 11) is -12.5. The molecule has 0 saturated heterocycles. The van der Waals surface area contributed by atoms with E-state index in [9.17, 15) is 48.0 Å². The Morgan fingerprint density at radius 3 is 1.82 bits per heavy atom. The lowest BCUT2D eigenvalue weighted by atomic mass is 9.90. The van der Waals surface area contributed by atoms with Gasteiger partial charge in [0.05, 0.1) is 6.04 Å². The van der Waals surface area contributed by atoms with Crippen LogP contribution >= 0.6 is 0 Å². The summed E-state index contributed by atoms with van der Waals surface area (Å²) >= 11 is 0. The third-order valence-electron chi connectivity index (χ3n) is 6.34. The molecule has 0 unspecified atom stereocenters.